The van der Waals surface area contributed by atoms with Crippen LogP contribution in [0.3, 0.4) is 0 Å². The topological polar surface area (TPSA) is 225 Å². The number of carbonyl (C=O) groups excluding carboxylic acids is 6. The summed E-state index contributed by atoms with van der Waals surface area (Å²) >= 11 is 0. The number of aromatic nitrogens is 2. The van der Waals surface area contributed by atoms with E-state index in [0.29, 0.717) is 95.0 Å². The van der Waals surface area contributed by atoms with Gasteiger partial charge < -0.3 is 49.2 Å². The number of hydrogen-bond acceptors (Lipinski definition) is 16. The summed E-state index contributed by atoms with van der Waals surface area (Å²) in [5.41, 5.74) is 2.21. The first-order valence-corrected chi connectivity index (χ1v) is 27.9. The molecule has 0 aromatic carbocycles. The zero-order chi connectivity index (χ0) is 54.7. The van der Waals surface area contributed by atoms with Gasteiger partial charge in [0, 0.05) is 103 Å². The van der Waals surface area contributed by atoms with E-state index in [9.17, 15) is 33.9 Å². The number of piperazine rings is 1. The Morgan fingerprint density at radius 3 is 2.32 bits per heavy atom. The predicted octanol–water partition coefficient (Wildman–Crippen LogP) is 6.88. The van der Waals surface area contributed by atoms with Crippen LogP contribution >= 0.6 is 0 Å². The lowest BCUT2D eigenvalue weighted by Crippen LogP contribution is -2.54. The van der Waals surface area contributed by atoms with E-state index in [0.717, 1.165) is 37.3 Å². The highest BCUT2D eigenvalue weighted by Gasteiger charge is 2.42. The van der Waals surface area contributed by atoms with E-state index in [2.05, 4.69) is 25.5 Å². The number of esters is 1. The van der Waals surface area contributed by atoms with Crippen LogP contribution in [0.15, 0.2) is 60.0 Å². The van der Waals surface area contributed by atoms with Gasteiger partial charge in [-0.1, -0.05) is 57.2 Å². The van der Waals surface area contributed by atoms with Gasteiger partial charge in [-0.3, -0.25) is 19.2 Å². The smallest absolute Gasteiger partial charge is 0.407 e. The first-order chi connectivity index (χ1) is 36.5. The molecule has 0 radical (unpaired) electrons. The van der Waals surface area contributed by atoms with Crippen LogP contribution in [-0.4, -0.2) is 151 Å². The number of methoxy groups -OCH3 is 2. The van der Waals surface area contributed by atoms with Crippen molar-refractivity contribution in [1.29, 1.82) is 0 Å². The van der Waals surface area contributed by atoms with Crippen molar-refractivity contribution in [2.75, 3.05) is 51.8 Å². The van der Waals surface area contributed by atoms with E-state index in [1.54, 1.807) is 46.5 Å². The molecule has 76 heavy (non-hydrogen) atoms. The van der Waals surface area contributed by atoms with Gasteiger partial charge in [-0.25, -0.2) is 19.6 Å². The monoisotopic (exact) mass is 1060 g/mol. The molecular weight excluding hydrogens is 973 g/mol. The highest BCUT2D eigenvalue weighted by molar-refractivity contribution is 6.38. The van der Waals surface area contributed by atoms with Gasteiger partial charge in [-0.2, -0.15) is 0 Å². The number of aliphatic hydroxyl groups excluding tert-OH is 1. The number of fused-ring (bicyclic) bond motifs is 3. The van der Waals surface area contributed by atoms with Crippen molar-refractivity contribution in [3.63, 3.8) is 0 Å². The van der Waals surface area contributed by atoms with Crippen molar-refractivity contribution in [3.8, 4) is 0 Å². The number of cyclic esters (lactones) is 1. The maximum absolute atomic E-state index is 14.4. The lowest BCUT2D eigenvalue weighted by Gasteiger charge is -2.37. The fourth-order valence-corrected chi connectivity index (χ4v) is 11.1. The predicted molar refractivity (Wildman–Crippen MR) is 287 cm³/mol. The molecule has 5 heterocycles. The molecule has 18 heteroatoms. The normalized spacial score (nSPS) is 33.9. The van der Waals surface area contributed by atoms with Crippen molar-refractivity contribution in [1.82, 2.24) is 25.5 Å². The average Bonchev–Trinajstić information content (AvgIpc) is 3.43. The molecule has 4 fully saturated rings. The second-order valence-electron chi connectivity index (χ2n) is 21.9. The minimum atomic E-state index is -1.08. The van der Waals surface area contributed by atoms with Gasteiger partial charge >= 0.3 is 12.1 Å². The molecule has 6 rings (SSSR count). The van der Waals surface area contributed by atoms with Gasteiger partial charge in [0.25, 0.3) is 5.91 Å². The molecule has 2 bridgehead atoms. The van der Waals surface area contributed by atoms with Crippen LogP contribution in [0.2, 0.25) is 0 Å². The molecule has 18 nitrogen and oxygen atoms in total. The highest BCUT2D eigenvalue weighted by atomic mass is 16.6. The number of allylic oxidation sites excluding steroid dienone is 6. The summed E-state index contributed by atoms with van der Waals surface area (Å²) in [6.07, 6.45) is 16.8. The highest BCUT2D eigenvalue weighted by Crippen LogP contribution is 2.34. The van der Waals surface area contributed by atoms with Gasteiger partial charge in [-0.05, 0) is 114 Å². The summed E-state index contributed by atoms with van der Waals surface area (Å²) in [7, 11) is 3.22. The second-order valence-corrected chi connectivity index (χ2v) is 21.9. The van der Waals surface area contributed by atoms with E-state index in [4.69, 9.17) is 23.7 Å². The van der Waals surface area contributed by atoms with Gasteiger partial charge in [0.1, 0.15) is 35.9 Å². The molecular formula is C58H86N6O12. The van der Waals surface area contributed by atoms with Crippen LogP contribution in [0.5, 0.6) is 0 Å². The van der Waals surface area contributed by atoms with Crippen LogP contribution in [0, 0.1) is 23.7 Å². The van der Waals surface area contributed by atoms with Crippen LogP contribution < -0.4 is 15.5 Å². The molecule has 2 amide bonds. The largest absolute Gasteiger partial charge is 0.460 e. The minimum absolute atomic E-state index is 0.0709. The van der Waals surface area contributed by atoms with E-state index < -0.39 is 66.2 Å². The third kappa shape index (κ3) is 18.0. The molecule has 5 aliphatic rings. The Hall–Kier alpha value is -5.14. The Morgan fingerprint density at radius 2 is 1.58 bits per heavy atom. The first kappa shape index (κ1) is 60.1. The number of Topliss-reactive ketones (excluding diaryl/α,β-unsaturated/α-hetero) is 3. The van der Waals surface area contributed by atoms with Crippen LogP contribution in [0.1, 0.15) is 136 Å². The van der Waals surface area contributed by atoms with Crippen molar-refractivity contribution in [2.45, 2.75) is 186 Å². The number of aliphatic hydroxyl groups is 1. The standard InChI is InChI=1S/C58H86N6O12/c1-37-14-9-8-10-15-38(2)52(72-6)32-44-16-13-18-51(74-44)54(68)55(69)64-25-12-11-17-46(64)56(70)75-45(31-47(65)40(4)29-41(5)49(67)33-48(66)39(3)28-37)21-19-42-20-22-50(53(30-42)73-7)76-58(71)62-36-43-34-60-57(61-35-43)63-26-23-59-24-27-63/h8-10,14-15,29,34-35,37,39-40,42,44-46,49-53,59,67H,11-13,16-28,30-33,36H2,1-7H3,(H,62,71)/b10-8+,14-9+,38-15+,41-29+/t37-,39-,40-,42-,44?,45-,46+,49+,50-,51?,52+,53-/m1/s1. The average molecular weight is 1060 g/mol. The van der Waals surface area contributed by atoms with Gasteiger partial charge in [0.2, 0.25) is 11.7 Å². The number of alkyl carbamates (subject to hydrolysis) is 1. The van der Waals surface area contributed by atoms with Gasteiger partial charge in [-0.15, -0.1) is 0 Å². The SMILES string of the molecule is CO[C@H]1CC2CCCC(O2)C(=O)C(=O)N2CCCC[C@H]2C(=O)O[C@H](CC[C@@H]2CC[C@@H](OC(=O)NCc3cnc(N4CCNCC4)nc3)[C@H](OC)C2)CC(=O)[C@H](C)/C=C(\C)[C@@H](O)CC(=O)[C@H](C)C[C@H](C)/C=C/C=C/C=C/1C. The fraction of sp³-hybridized carbons (Fsp3) is 0.690. The summed E-state index contributed by atoms with van der Waals surface area (Å²) in [6, 6.07) is -1.02. The molecule has 1 aromatic heterocycles. The van der Waals surface area contributed by atoms with Crippen molar-refractivity contribution >= 4 is 41.3 Å². The molecule has 2 unspecified atom stereocenters. The number of anilines is 1. The molecule has 3 saturated heterocycles. The molecule has 1 aliphatic carbocycles. The van der Waals surface area contributed by atoms with E-state index in [1.807, 2.05) is 51.2 Å². The Balaban J connectivity index is 1.14. The van der Waals surface area contributed by atoms with Crippen LogP contribution in [0.25, 0.3) is 0 Å². The molecule has 4 aliphatic heterocycles. The summed E-state index contributed by atoms with van der Waals surface area (Å²) in [4.78, 5) is 95.4. The number of piperidine rings is 1. The minimum Gasteiger partial charge on any atom is -0.460 e. The van der Waals surface area contributed by atoms with Gasteiger partial charge in [0.05, 0.1) is 24.4 Å². The van der Waals surface area contributed by atoms with E-state index in [1.165, 1.54) is 4.90 Å². The molecule has 0 spiro atoms. The Labute approximate surface area is 450 Å². The Kier molecular flexibility index (Phi) is 23.8. The third-order valence-corrected chi connectivity index (χ3v) is 15.9. The lowest BCUT2D eigenvalue weighted by atomic mass is 9.81. The fourth-order valence-electron chi connectivity index (χ4n) is 11.1. The molecule has 3 N–H and O–H groups in total. The van der Waals surface area contributed by atoms with Crippen molar-refractivity contribution in [2.24, 2.45) is 23.7 Å². The summed E-state index contributed by atoms with van der Waals surface area (Å²) < 4.78 is 30.2. The number of carbonyl (C=O) groups is 6. The second kappa shape index (κ2) is 30.1. The third-order valence-electron chi connectivity index (χ3n) is 15.9. The number of amides is 2. The zero-order valence-electron chi connectivity index (χ0n) is 46.1. The lowest BCUT2D eigenvalue weighted by molar-refractivity contribution is -0.167. The first-order valence-electron chi connectivity index (χ1n) is 27.9. The number of ether oxygens (including phenoxy) is 5. The number of rotatable bonds is 9. The number of hydrogen-bond donors (Lipinski definition) is 3. The van der Waals surface area contributed by atoms with Gasteiger partial charge in [0.15, 0.2) is 0 Å². The summed E-state index contributed by atoms with van der Waals surface area (Å²) in [5.74, 6) is -2.57. The Bertz CT molecular complexity index is 2230. The maximum atomic E-state index is 14.4. The molecule has 1 aromatic rings. The molecule has 12 atom stereocenters. The van der Waals surface area contributed by atoms with E-state index in [-0.39, 0.29) is 67.5 Å². The molecule has 420 valence electrons. The van der Waals surface area contributed by atoms with Crippen LogP contribution in [-0.2, 0) is 54.2 Å². The summed E-state index contributed by atoms with van der Waals surface area (Å²) in [6.45, 7) is 13.1. The summed E-state index contributed by atoms with van der Waals surface area (Å²) in [5, 5.41) is 17.3. The van der Waals surface area contributed by atoms with Crippen molar-refractivity contribution in [3.05, 3.63) is 65.6 Å². The number of nitrogens with one attached hydrogen (secondary N) is 2. The van der Waals surface area contributed by atoms with Crippen LogP contribution in [0.4, 0.5) is 10.7 Å². The van der Waals surface area contributed by atoms with E-state index >= 15 is 0 Å². The number of ketones is 3. The number of nitrogens with zero attached hydrogens (tertiary/aromatic N) is 4. The quantitative estimate of drug-likeness (QED) is 0.130. The Morgan fingerprint density at radius 1 is 0.816 bits per heavy atom. The maximum Gasteiger partial charge on any atom is 0.407 e. The molecule has 1 saturated carbocycles. The zero-order valence-corrected chi connectivity index (χ0v) is 46.1. The van der Waals surface area contributed by atoms with Crippen molar-refractivity contribution < 1.29 is 57.6 Å².